The standard InChI is InChI=1S/C22H26N6O2/c1-17(18-6-3-2-4-7-18)14-25-21(29)19-16-30-20(26-19)15-27-10-12-28(13-11-27)22-23-8-5-9-24-22/h2-9,16-17H,10-15H2,1H3,(H,25,29). The summed E-state index contributed by atoms with van der Waals surface area (Å²) < 4.78 is 5.54. The van der Waals surface area contributed by atoms with Gasteiger partial charge in [-0.3, -0.25) is 9.69 Å². The van der Waals surface area contributed by atoms with Crippen molar-refractivity contribution in [1.82, 2.24) is 25.2 Å². The molecule has 0 saturated carbocycles. The Balaban J connectivity index is 1.25. The van der Waals surface area contributed by atoms with Gasteiger partial charge in [-0.15, -0.1) is 0 Å². The van der Waals surface area contributed by atoms with Crippen LogP contribution in [-0.2, 0) is 6.54 Å². The molecule has 3 heterocycles. The van der Waals surface area contributed by atoms with E-state index in [1.807, 2.05) is 24.3 Å². The molecule has 1 aliphatic rings. The van der Waals surface area contributed by atoms with E-state index in [4.69, 9.17) is 4.42 Å². The van der Waals surface area contributed by atoms with E-state index < -0.39 is 0 Å². The summed E-state index contributed by atoms with van der Waals surface area (Å²) in [7, 11) is 0. The van der Waals surface area contributed by atoms with E-state index in [2.05, 4.69) is 49.1 Å². The molecule has 1 aromatic carbocycles. The zero-order valence-corrected chi connectivity index (χ0v) is 17.1. The number of hydrogen-bond donors (Lipinski definition) is 1. The lowest BCUT2D eigenvalue weighted by Crippen LogP contribution is -2.46. The Morgan fingerprint density at radius 2 is 1.83 bits per heavy atom. The molecule has 0 bridgehead atoms. The van der Waals surface area contributed by atoms with Crippen molar-refractivity contribution in [3.05, 3.63) is 72.2 Å². The number of aromatic nitrogens is 3. The molecule has 1 amide bonds. The number of benzene rings is 1. The second-order valence-electron chi connectivity index (χ2n) is 7.46. The molecule has 1 N–H and O–H groups in total. The number of oxazole rings is 1. The van der Waals surface area contributed by atoms with Gasteiger partial charge < -0.3 is 14.6 Å². The number of piperazine rings is 1. The first-order valence-electron chi connectivity index (χ1n) is 10.2. The number of anilines is 1. The van der Waals surface area contributed by atoms with Crippen molar-refractivity contribution in [2.24, 2.45) is 0 Å². The van der Waals surface area contributed by atoms with Crippen LogP contribution in [0.2, 0.25) is 0 Å². The third kappa shape index (κ3) is 5.01. The molecule has 30 heavy (non-hydrogen) atoms. The summed E-state index contributed by atoms with van der Waals surface area (Å²) in [6.07, 6.45) is 4.95. The summed E-state index contributed by atoms with van der Waals surface area (Å²) in [5.74, 6) is 1.34. The molecule has 1 fully saturated rings. The molecule has 1 aliphatic heterocycles. The number of carbonyl (C=O) groups excluding carboxylic acids is 1. The number of nitrogens with zero attached hydrogens (tertiary/aromatic N) is 5. The minimum Gasteiger partial charge on any atom is -0.447 e. The van der Waals surface area contributed by atoms with Gasteiger partial charge in [-0.05, 0) is 17.5 Å². The third-order valence-corrected chi connectivity index (χ3v) is 5.29. The smallest absolute Gasteiger partial charge is 0.273 e. The largest absolute Gasteiger partial charge is 0.447 e. The SMILES string of the molecule is CC(CNC(=O)c1coc(CN2CCN(c3ncccn3)CC2)n1)c1ccccc1. The van der Waals surface area contributed by atoms with Crippen molar-refractivity contribution in [1.29, 1.82) is 0 Å². The molecule has 3 aromatic rings. The fourth-order valence-corrected chi connectivity index (χ4v) is 3.48. The molecule has 1 atom stereocenters. The van der Waals surface area contributed by atoms with E-state index >= 15 is 0 Å². The van der Waals surface area contributed by atoms with E-state index in [0.29, 0.717) is 24.7 Å². The van der Waals surface area contributed by atoms with Crippen LogP contribution in [0.15, 0.2) is 59.5 Å². The van der Waals surface area contributed by atoms with Crippen molar-refractivity contribution in [2.45, 2.75) is 19.4 Å². The highest BCUT2D eigenvalue weighted by atomic mass is 16.3. The maximum absolute atomic E-state index is 12.4. The van der Waals surface area contributed by atoms with Gasteiger partial charge >= 0.3 is 0 Å². The van der Waals surface area contributed by atoms with E-state index in [1.165, 1.54) is 11.8 Å². The molecule has 156 valence electrons. The van der Waals surface area contributed by atoms with Gasteiger partial charge in [0.25, 0.3) is 5.91 Å². The molecular formula is C22H26N6O2. The predicted octanol–water partition coefficient (Wildman–Crippen LogP) is 2.32. The minimum absolute atomic E-state index is 0.209. The summed E-state index contributed by atoms with van der Waals surface area (Å²) in [4.78, 5) is 29.8. The van der Waals surface area contributed by atoms with Gasteiger partial charge in [0.2, 0.25) is 11.8 Å². The van der Waals surface area contributed by atoms with Crippen molar-refractivity contribution in [3.63, 3.8) is 0 Å². The van der Waals surface area contributed by atoms with Crippen molar-refractivity contribution in [3.8, 4) is 0 Å². The van der Waals surface area contributed by atoms with E-state index in [0.717, 1.165) is 32.1 Å². The number of hydrogen-bond acceptors (Lipinski definition) is 7. The second kappa shape index (κ2) is 9.49. The van der Waals surface area contributed by atoms with Crippen molar-refractivity contribution < 1.29 is 9.21 Å². The van der Waals surface area contributed by atoms with Gasteiger partial charge in [0.1, 0.15) is 6.26 Å². The first-order chi connectivity index (χ1) is 14.7. The molecule has 1 unspecified atom stereocenters. The molecule has 4 rings (SSSR count). The molecule has 0 radical (unpaired) electrons. The fraction of sp³-hybridized carbons (Fsp3) is 0.364. The first kappa shape index (κ1) is 20.0. The monoisotopic (exact) mass is 406 g/mol. The molecule has 0 aliphatic carbocycles. The summed E-state index contributed by atoms with van der Waals surface area (Å²) >= 11 is 0. The summed E-state index contributed by atoms with van der Waals surface area (Å²) in [6.45, 7) is 6.62. The van der Waals surface area contributed by atoms with Crippen LogP contribution in [0.3, 0.4) is 0 Å². The zero-order chi connectivity index (χ0) is 20.8. The van der Waals surface area contributed by atoms with Crippen LogP contribution in [0.25, 0.3) is 0 Å². The highest BCUT2D eigenvalue weighted by Crippen LogP contribution is 2.14. The van der Waals surface area contributed by atoms with Crippen LogP contribution in [0.4, 0.5) is 5.95 Å². The zero-order valence-electron chi connectivity index (χ0n) is 17.1. The van der Waals surface area contributed by atoms with Crippen LogP contribution in [0.5, 0.6) is 0 Å². The van der Waals surface area contributed by atoms with Gasteiger partial charge in [-0.2, -0.15) is 0 Å². The number of nitrogens with one attached hydrogen (secondary N) is 1. The van der Waals surface area contributed by atoms with Crippen molar-refractivity contribution in [2.75, 3.05) is 37.6 Å². The van der Waals surface area contributed by atoms with E-state index in [-0.39, 0.29) is 11.8 Å². The summed E-state index contributed by atoms with van der Waals surface area (Å²) in [5.41, 5.74) is 1.51. The predicted molar refractivity (Wildman–Crippen MR) is 113 cm³/mol. The lowest BCUT2D eigenvalue weighted by Gasteiger charge is -2.33. The van der Waals surface area contributed by atoms with Crippen molar-refractivity contribution >= 4 is 11.9 Å². The van der Waals surface area contributed by atoms with Gasteiger partial charge in [-0.1, -0.05) is 37.3 Å². The van der Waals surface area contributed by atoms with Gasteiger partial charge in [0, 0.05) is 45.1 Å². The average molecular weight is 406 g/mol. The van der Waals surface area contributed by atoms with Crippen LogP contribution in [0.1, 0.15) is 34.8 Å². The molecule has 8 heteroatoms. The molecule has 2 aromatic heterocycles. The highest BCUT2D eigenvalue weighted by molar-refractivity contribution is 5.91. The number of rotatable bonds is 7. The molecule has 8 nitrogen and oxygen atoms in total. The lowest BCUT2D eigenvalue weighted by atomic mass is 10.0. The lowest BCUT2D eigenvalue weighted by molar-refractivity contribution is 0.0946. The maximum Gasteiger partial charge on any atom is 0.273 e. The van der Waals surface area contributed by atoms with E-state index in [9.17, 15) is 4.79 Å². The van der Waals surface area contributed by atoms with Crippen LogP contribution in [-0.4, -0.2) is 58.5 Å². The van der Waals surface area contributed by atoms with Crippen LogP contribution in [0, 0.1) is 0 Å². The minimum atomic E-state index is -0.209. The number of amides is 1. The van der Waals surface area contributed by atoms with Gasteiger partial charge in [0.05, 0.1) is 6.54 Å². The number of carbonyl (C=O) groups is 1. The first-order valence-corrected chi connectivity index (χ1v) is 10.2. The Kier molecular flexibility index (Phi) is 6.34. The van der Waals surface area contributed by atoms with Gasteiger partial charge in [-0.25, -0.2) is 15.0 Å². The Hall–Kier alpha value is -3.26. The average Bonchev–Trinajstić information content (AvgIpc) is 3.27. The van der Waals surface area contributed by atoms with Crippen LogP contribution >= 0.6 is 0 Å². The normalized spacial score (nSPS) is 15.7. The Morgan fingerprint density at radius 3 is 2.57 bits per heavy atom. The molecular weight excluding hydrogens is 380 g/mol. The Morgan fingerprint density at radius 1 is 1.10 bits per heavy atom. The highest BCUT2D eigenvalue weighted by Gasteiger charge is 2.21. The summed E-state index contributed by atoms with van der Waals surface area (Å²) in [6, 6.07) is 11.9. The van der Waals surface area contributed by atoms with Crippen LogP contribution < -0.4 is 10.2 Å². The van der Waals surface area contributed by atoms with E-state index in [1.54, 1.807) is 12.4 Å². The van der Waals surface area contributed by atoms with Gasteiger partial charge in [0.15, 0.2) is 5.69 Å². The summed E-state index contributed by atoms with van der Waals surface area (Å²) in [5, 5.41) is 2.94. The Bertz CT molecular complexity index is 939. The molecule has 0 spiro atoms. The fourth-order valence-electron chi connectivity index (χ4n) is 3.48. The quantitative estimate of drug-likeness (QED) is 0.644. The Labute approximate surface area is 176 Å². The maximum atomic E-state index is 12.4. The molecule has 1 saturated heterocycles. The topological polar surface area (TPSA) is 87.4 Å². The second-order valence-corrected chi connectivity index (χ2v) is 7.46. The third-order valence-electron chi connectivity index (χ3n) is 5.29.